The van der Waals surface area contributed by atoms with Gasteiger partial charge in [0.2, 0.25) is 5.91 Å². The maximum atomic E-state index is 12.7. The number of nitrogens with one attached hydrogen (secondary N) is 1. The van der Waals surface area contributed by atoms with Gasteiger partial charge in [0.05, 0.1) is 13.5 Å². The Morgan fingerprint density at radius 3 is 2.83 bits per heavy atom. The van der Waals surface area contributed by atoms with Crippen molar-refractivity contribution in [2.24, 2.45) is 0 Å². The Hall–Kier alpha value is -2.57. The van der Waals surface area contributed by atoms with E-state index in [1.54, 1.807) is 13.0 Å². The SMILES string of the molecule is COC(=O)C[C@H]1C(=O)NCCN1C(=O)[C@H](C)Oc1cccc(C)c1. The fraction of sp³-hybridized carbons (Fsp3) is 0.471. The van der Waals surface area contributed by atoms with Gasteiger partial charge < -0.3 is 19.7 Å². The largest absolute Gasteiger partial charge is 0.481 e. The summed E-state index contributed by atoms with van der Waals surface area (Å²) in [4.78, 5) is 37.6. The number of benzene rings is 1. The number of nitrogens with zero attached hydrogens (tertiary/aromatic N) is 1. The maximum absolute atomic E-state index is 12.7. The summed E-state index contributed by atoms with van der Waals surface area (Å²) in [5.74, 6) is -0.646. The first-order valence-electron chi connectivity index (χ1n) is 7.80. The summed E-state index contributed by atoms with van der Waals surface area (Å²) in [6.45, 7) is 4.24. The second-order valence-corrected chi connectivity index (χ2v) is 5.70. The Bertz CT molecular complexity index is 631. The summed E-state index contributed by atoms with van der Waals surface area (Å²) in [6.07, 6.45) is -0.941. The van der Waals surface area contributed by atoms with Gasteiger partial charge in [-0.05, 0) is 31.5 Å². The van der Waals surface area contributed by atoms with Gasteiger partial charge in [0.15, 0.2) is 6.10 Å². The molecule has 7 nitrogen and oxygen atoms in total. The number of aryl methyl sites for hydroxylation is 1. The highest BCUT2D eigenvalue weighted by molar-refractivity contribution is 5.93. The summed E-state index contributed by atoms with van der Waals surface area (Å²) in [5.41, 5.74) is 1.02. The number of ether oxygens (including phenoxy) is 2. The van der Waals surface area contributed by atoms with Crippen LogP contribution in [0.3, 0.4) is 0 Å². The lowest BCUT2D eigenvalue weighted by molar-refractivity contribution is -0.153. The van der Waals surface area contributed by atoms with E-state index in [2.05, 4.69) is 10.1 Å². The lowest BCUT2D eigenvalue weighted by Crippen LogP contribution is -2.60. The standard InChI is InChI=1S/C17H22N2O5/c1-11-5-4-6-13(9-11)24-12(2)17(22)19-8-7-18-16(21)14(19)10-15(20)23-3/h4-6,9,12,14H,7-8,10H2,1-3H3,(H,18,21)/t12-,14-/m0/s1. The smallest absolute Gasteiger partial charge is 0.308 e. The van der Waals surface area contributed by atoms with E-state index < -0.39 is 18.1 Å². The lowest BCUT2D eigenvalue weighted by atomic mass is 10.1. The average Bonchev–Trinajstić information content (AvgIpc) is 2.55. The third-order valence-corrected chi connectivity index (χ3v) is 3.85. The molecule has 2 rings (SSSR count). The molecule has 24 heavy (non-hydrogen) atoms. The number of hydrogen-bond donors (Lipinski definition) is 1. The molecule has 1 aliphatic heterocycles. The molecule has 1 saturated heterocycles. The van der Waals surface area contributed by atoms with Gasteiger partial charge in [-0.25, -0.2) is 0 Å². The molecule has 7 heteroatoms. The van der Waals surface area contributed by atoms with Crippen LogP contribution in [0.25, 0.3) is 0 Å². The van der Waals surface area contributed by atoms with E-state index in [4.69, 9.17) is 4.74 Å². The molecule has 0 radical (unpaired) electrons. The fourth-order valence-electron chi connectivity index (χ4n) is 2.60. The summed E-state index contributed by atoms with van der Waals surface area (Å²) < 4.78 is 10.3. The number of methoxy groups -OCH3 is 1. The molecule has 1 aromatic carbocycles. The molecule has 1 aromatic rings. The van der Waals surface area contributed by atoms with E-state index >= 15 is 0 Å². The van der Waals surface area contributed by atoms with Crippen molar-refractivity contribution in [2.75, 3.05) is 20.2 Å². The normalized spacial score (nSPS) is 18.5. The molecule has 0 aliphatic carbocycles. The molecule has 1 N–H and O–H groups in total. The van der Waals surface area contributed by atoms with Crippen LogP contribution in [0.1, 0.15) is 18.9 Å². The highest BCUT2D eigenvalue weighted by atomic mass is 16.5. The number of hydrogen-bond acceptors (Lipinski definition) is 5. The van der Waals surface area contributed by atoms with Crippen LogP contribution in [0, 0.1) is 6.92 Å². The van der Waals surface area contributed by atoms with E-state index in [1.165, 1.54) is 12.0 Å². The number of amides is 2. The Balaban J connectivity index is 2.09. The van der Waals surface area contributed by atoms with Crippen LogP contribution < -0.4 is 10.1 Å². The van der Waals surface area contributed by atoms with Crippen LogP contribution in [0.15, 0.2) is 24.3 Å². The average molecular weight is 334 g/mol. The second-order valence-electron chi connectivity index (χ2n) is 5.70. The van der Waals surface area contributed by atoms with Crippen molar-refractivity contribution in [1.82, 2.24) is 10.2 Å². The van der Waals surface area contributed by atoms with E-state index in [1.807, 2.05) is 25.1 Å². The maximum Gasteiger partial charge on any atom is 0.308 e. The molecule has 1 heterocycles. The highest BCUT2D eigenvalue weighted by Gasteiger charge is 2.37. The van der Waals surface area contributed by atoms with E-state index in [-0.39, 0.29) is 18.2 Å². The monoisotopic (exact) mass is 334 g/mol. The van der Waals surface area contributed by atoms with E-state index in [0.717, 1.165) is 5.56 Å². The Morgan fingerprint density at radius 2 is 2.17 bits per heavy atom. The zero-order chi connectivity index (χ0) is 17.7. The minimum absolute atomic E-state index is 0.175. The van der Waals surface area contributed by atoms with Gasteiger partial charge in [-0.15, -0.1) is 0 Å². The Labute approximate surface area is 140 Å². The third kappa shape index (κ3) is 4.24. The molecule has 1 aliphatic rings. The predicted molar refractivity (Wildman–Crippen MR) is 86.4 cm³/mol. The van der Waals surface area contributed by atoms with Crippen LogP contribution in [0.2, 0.25) is 0 Å². The first kappa shape index (κ1) is 17.8. The summed E-state index contributed by atoms with van der Waals surface area (Å²) in [6, 6.07) is 6.50. The number of carbonyl (C=O) groups excluding carboxylic acids is 3. The van der Waals surface area contributed by atoms with Gasteiger partial charge in [-0.2, -0.15) is 0 Å². The van der Waals surface area contributed by atoms with Crippen molar-refractivity contribution in [2.45, 2.75) is 32.4 Å². The second kappa shape index (κ2) is 7.81. The molecular weight excluding hydrogens is 312 g/mol. The van der Waals surface area contributed by atoms with Crippen molar-refractivity contribution in [3.63, 3.8) is 0 Å². The summed E-state index contributed by atoms with van der Waals surface area (Å²) in [5, 5.41) is 2.66. The van der Waals surface area contributed by atoms with Crippen LogP contribution in [-0.4, -0.2) is 55.0 Å². The first-order valence-corrected chi connectivity index (χ1v) is 7.80. The number of rotatable bonds is 5. The van der Waals surface area contributed by atoms with Crippen molar-refractivity contribution < 1.29 is 23.9 Å². The van der Waals surface area contributed by atoms with Gasteiger partial charge in [0.1, 0.15) is 11.8 Å². The molecule has 0 saturated carbocycles. The van der Waals surface area contributed by atoms with Gasteiger partial charge >= 0.3 is 5.97 Å². The first-order chi connectivity index (χ1) is 11.4. The number of esters is 1. The molecule has 130 valence electrons. The quantitative estimate of drug-likeness (QED) is 0.799. The van der Waals surface area contributed by atoms with Gasteiger partial charge in [-0.3, -0.25) is 14.4 Å². The zero-order valence-corrected chi connectivity index (χ0v) is 14.1. The molecule has 0 spiro atoms. The molecule has 1 fully saturated rings. The highest BCUT2D eigenvalue weighted by Crippen LogP contribution is 2.17. The number of carbonyl (C=O) groups is 3. The van der Waals surface area contributed by atoms with Crippen LogP contribution >= 0.6 is 0 Å². The molecule has 2 amide bonds. The van der Waals surface area contributed by atoms with Gasteiger partial charge in [0.25, 0.3) is 5.91 Å². The Kier molecular flexibility index (Phi) is 5.78. The van der Waals surface area contributed by atoms with E-state index in [9.17, 15) is 14.4 Å². The van der Waals surface area contributed by atoms with Crippen molar-refractivity contribution in [1.29, 1.82) is 0 Å². The fourth-order valence-corrected chi connectivity index (χ4v) is 2.60. The lowest BCUT2D eigenvalue weighted by Gasteiger charge is -2.35. The summed E-state index contributed by atoms with van der Waals surface area (Å²) in [7, 11) is 1.25. The van der Waals surface area contributed by atoms with E-state index in [0.29, 0.717) is 18.8 Å². The number of piperazine rings is 1. The zero-order valence-electron chi connectivity index (χ0n) is 14.1. The summed E-state index contributed by atoms with van der Waals surface area (Å²) >= 11 is 0. The Morgan fingerprint density at radius 1 is 1.42 bits per heavy atom. The molecular formula is C17H22N2O5. The molecule has 0 unspecified atom stereocenters. The van der Waals surface area contributed by atoms with Crippen LogP contribution in [0.4, 0.5) is 0 Å². The molecule has 0 bridgehead atoms. The van der Waals surface area contributed by atoms with Crippen molar-refractivity contribution in [3.8, 4) is 5.75 Å². The van der Waals surface area contributed by atoms with Crippen LogP contribution in [-0.2, 0) is 19.1 Å². The molecule has 2 atom stereocenters. The topological polar surface area (TPSA) is 84.9 Å². The van der Waals surface area contributed by atoms with Gasteiger partial charge in [-0.1, -0.05) is 12.1 Å². The van der Waals surface area contributed by atoms with Gasteiger partial charge in [0, 0.05) is 13.1 Å². The van der Waals surface area contributed by atoms with Crippen LogP contribution in [0.5, 0.6) is 5.75 Å². The predicted octanol–water partition coefficient (Wildman–Crippen LogP) is 0.652. The molecule has 0 aromatic heterocycles. The van der Waals surface area contributed by atoms with Crippen molar-refractivity contribution in [3.05, 3.63) is 29.8 Å². The third-order valence-electron chi connectivity index (χ3n) is 3.85. The minimum atomic E-state index is -0.873. The minimum Gasteiger partial charge on any atom is -0.481 e. The van der Waals surface area contributed by atoms with Crippen molar-refractivity contribution >= 4 is 17.8 Å².